The van der Waals surface area contributed by atoms with Crippen LogP contribution in [0.1, 0.15) is 0 Å². The highest BCUT2D eigenvalue weighted by atomic mass is 79.9. The summed E-state index contributed by atoms with van der Waals surface area (Å²) in [5, 5.41) is 1.12. The number of hydrogen-bond donors (Lipinski definition) is 0. The fourth-order valence-electron chi connectivity index (χ4n) is 3.63. The predicted octanol–water partition coefficient (Wildman–Crippen LogP) is 7.81. The van der Waals surface area contributed by atoms with Gasteiger partial charge in [0, 0.05) is 38.6 Å². The first kappa shape index (κ1) is 21.0. The van der Waals surface area contributed by atoms with E-state index in [1.54, 1.807) is 13.2 Å². The number of aromatic nitrogens is 3. The third-order valence-electron chi connectivity index (χ3n) is 5.19. The molecule has 158 valence electrons. The van der Waals surface area contributed by atoms with E-state index >= 15 is 0 Å². The van der Waals surface area contributed by atoms with E-state index in [1.165, 1.54) is 0 Å². The molecule has 32 heavy (non-hydrogen) atoms. The van der Waals surface area contributed by atoms with Gasteiger partial charge < -0.3 is 4.74 Å². The van der Waals surface area contributed by atoms with Crippen molar-refractivity contribution in [1.29, 1.82) is 0 Å². The standard InChI is InChI=1S/C25H16BrCl2N3O/c1-32-20-4-2-3-16(11-20)17-13-29-25-30-23(15-5-7-18(26)8-6-15)24(31(25)14-17)21-10-9-19(27)12-22(21)28/h2-14H,1H3. The smallest absolute Gasteiger partial charge is 0.234 e. The Balaban J connectivity index is 1.79. The van der Waals surface area contributed by atoms with E-state index in [0.29, 0.717) is 15.8 Å². The molecule has 0 unspecified atom stereocenters. The van der Waals surface area contributed by atoms with Crippen molar-refractivity contribution in [2.45, 2.75) is 0 Å². The number of methoxy groups -OCH3 is 1. The lowest BCUT2D eigenvalue weighted by Gasteiger charge is -2.10. The molecule has 0 atom stereocenters. The Bertz CT molecular complexity index is 1450. The van der Waals surface area contributed by atoms with E-state index in [-0.39, 0.29) is 0 Å². The van der Waals surface area contributed by atoms with Crippen molar-refractivity contribution in [2.24, 2.45) is 0 Å². The molecule has 2 aromatic heterocycles. The van der Waals surface area contributed by atoms with Crippen molar-refractivity contribution in [3.8, 4) is 39.4 Å². The van der Waals surface area contributed by atoms with Crippen LogP contribution in [0, 0.1) is 0 Å². The Morgan fingerprint density at radius 3 is 2.47 bits per heavy atom. The maximum atomic E-state index is 6.63. The van der Waals surface area contributed by atoms with Gasteiger partial charge in [0.2, 0.25) is 5.78 Å². The number of halogens is 3. The average molecular weight is 525 g/mol. The molecule has 0 N–H and O–H groups in total. The summed E-state index contributed by atoms with van der Waals surface area (Å²) in [6.07, 6.45) is 3.84. The zero-order valence-corrected chi connectivity index (χ0v) is 20.0. The number of ether oxygens (including phenoxy) is 1. The molecule has 0 aliphatic heterocycles. The Hall–Kier alpha value is -2.86. The molecule has 4 nitrogen and oxygen atoms in total. The van der Waals surface area contributed by atoms with E-state index in [2.05, 4.69) is 20.9 Å². The summed E-state index contributed by atoms with van der Waals surface area (Å²) in [6, 6.07) is 21.3. The second-order valence-electron chi connectivity index (χ2n) is 7.18. The second kappa shape index (κ2) is 8.58. The maximum absolute atomic E-state index is 6.63. The summed E-state index contributed by atoms with van der Waals surface area (Å²) >= 11 is 16.3. The number of hydrogen-bond acceptors (Lipinski definition) is 3. The molecule has 5 rings (SSSR count). The minimum absolute atomic E-state index is 0.546. The van der Waals surface area contributed by atoms with Gasteiger partial charge in [0.25, 0.3) is 0 Å². The quantitative estimate of drug-likeness (QED) is 0.240. The van der Waals surface area contributed by atoms with Crippen molar-refractivity contribution in [2.75, 3.05) is 7.11 Å². The number of fused-ring (bicyclic) bond motifs is 1. The van der Waals surface area contributed by atoms with Gasteiger partial charge in [-0.3, -0.25) is 4.40 Å². The molecule has 0 saturated heterocycles. The van der Waals surface area contributed by atoms with Gasteiger partial charge in [-0.1, -0.05) is 63.4 Å². The van der Waals surface area contributed by atoms with Crippen LogP contribution in [-0.4, -0.2) is 21.5 Å². The molecule has 0 aliphatic rings. The van der Waals surface area contributed by atoms with E-state index in [4.69, 9.17) is 32.9 Å². The van der Waals surface area contributed by atoms with Crippen LogP contribution in [-0.2, 0) is 0 Å². The number of benzene rings is 3. The molecule has 0 fully saturated rings. The molecule has 0 aliphatic carbocycles. The Morgan fingerprint density at radius 2 is 1.72 bits per heavy atom. The lowest BCUT2D eigenvalue weighted by Crippen LogP contribution is -1.94. The Morgan fingerprint density at radius 1 is 0.906 bits per heavy atom. The van der Waals surface area contributed by atoms with Crippen molar-refractivity contribution in [1.82, 2.24) is 14.4 Å². The summed E-state index contributed by atoms with van der Waals surface area (Å²) in [5.41, 5.74) is 5.35. The highest BCUT2D eigenvalue weighted by Crippen LogP contribution is 2.38. The normalized spacial score (nSPS) is 11.1. The molecule has 0 amide bonds. The van der Waals surface area contributed by atoms with Crippen LogP contribution in [0.15, 0.2) is 83.6 Å². The maximum Gasteiger partial charge on any atom is 0.234 e. The number of imidazole rings is 1. The summed E-state index contributed by atoms with van der Waals surface area (Å²) in [6.45, 7) is 0. The minimum Gasteiger partial charge on any atom is -0.497 e. The summed E-state index contributed by atoms with van der Waals surface area (Å²) in [5.74, 6) is 1.36. The largest absolute Gasteiger partial charge is 0.497 e. The summed E-state index contributed by atoms with van der Waals surface area (Å²) in [7, 11) is 1.65. The van der Waals surface area contributed by atoms with Crippen LogP contribution in [0.25, 0.3) is 39.4 Å². The minimum atomic E-state index is 0.546. The van der Waals surface area contributed by atoms with E-state index in [0.717, 1.165) is 43.9 Å². The SMILES string of the molecule is COc1cccc(-c2cnc3nc(-c4ccc(Br)cc4)c(-c4ccc(Cl)cc4Cl)n3c2)c1. The van der Waals surface area contributed by atoms with Crippen molar-refractivity contribution >= 4 is 44.9 Å². The van der Waals surface area contributed by atoms with Crippen LogP contribution >= 0.6 is 39.1 Å². The first-order chi connectivity index (χ1) is 15.5. The van der Waals surface area contributed by atoms with Crippen molar-refractivity contribution in [3.63, 3.8) is 0 Å². The van der Waals surface area contributed by atoms with Gasteiger partial charge in [-0.25, -0.2) is 9.97 Å². The molecule has 5 aromatic rings. The third-order valence-corrected chi connectivity index (χ3v) is 6.26. The molecule has 0 spiro atoms. The van der Waals surface area contributed by atoms with Crippen LogP contribution in [0.4, 0.5) is 0 Å². The highest BCUT2D eigenvalue weighted by molar-refractivity contribution is 9.10. The number of rotatable bonds is 4. The molecular weight excluding hydrogens is 509 g/mol. The van der Waals surface area contributed by atoms with Crippen LogP contribution in [0.3, 0.4) is 0 Å². The summed E-state index contributed by atoms with van der Waals surface area (Å²) < 4.78 is 8.35. The fourth-order valence-corrected chi connectivity index (χ4v) is 4.40. The van der Waals surface area contributed by atoms with Crippen LogP contribution < -0.4 is 4.74 Å². The highest BCUT2D eigenvalue weighted by Gasteiger charge is 2.20. The van der Waals surface area contributed by atoms with E-state index in [1.807, 2.05) is 77.5 Å². The lowest BCUT2D eigenvalue weighted by molar-refractivity contribution is 0.415. The van der Waals surface area contributed by atoms with Crippen molar-refractivity contribution in [3.05, 3.63) is 93.6 Å². The van der Waals surface area contributed by atoms with Gasteiger partial charge in [0.05, 0.1) is 23.5 Å². The molecular formula is C25H16BrCl2N3O. The monoisotopic (exact) mass is 523 g/mol. The van der Waals surface area contributed by atoms with E-state index in [9.17, 15) is 0 Å². The van der Waals surface area contributed by atoms with Crippen LogP contribution in [0.5, 0.6) is 5.75 Å². The molecule has 3 aromatic carbocycles. The van der Waals surface area contributed by atoms with Gasteiger partial charge in [-0.15, -0.1) is 0 Å². The zero-order chi connectivity index (χ0) is 22.2. The molecule has 0 saturated carbocycles. The lowest BCUT2D eigenvalue weighted by atomic mass is 10.0. The average Bonchev–Trinajstić information content (AvgIpc) is 3.18. The predicted molar refractivity (Wildman–Crippen MR) is 134 cm³/mol. The van der Waals surface area contributed by atoms with Gasteiger partial charge in [0.1, 0.15) is 5.75 Å². The Kier molecular flexibility index (Phi) is 5.64. The first-order valence-corrected chi connectivity index (χ1v) is 11.3. The zero-order valence-electron chi connectivity index (χ0n) is 16.9. The first-order valence-electron chi connectivity index (χ1n) is 9.77. The molecule has 0 radical (unpaired) electrons. The van der Waals surface area contributed by atoms with Crippen LogP contribution in [0.2, 0.25) is 10.0 Å². The van der Waals surface area contributed by atoms with E-state index < -0.39 is 0 Å². The molecule has 0 bridgehead atoms. The summed E-state index contributed by atoms with van der Waals surface area (Å²) in [4.78, 5) is 9.48. The van der Waals surface area contributed by atoms with Gasteiger partial charge in [-0.2, -0.15) is 0 Å². The van der Waals surface area contributed by atoms with Gasteiger partial charge in [0.15, 0.2) is 0 Å². The second-order valence-corrected chi connectivity index (χ2v) is 8.94. The van der Waals surface area contributed by atoms with Gasteiger partial charge in [-0.05, 0) is 48.0 Å². The number of nitrogens with zero attached hydrogens (tertiary/aromatic N) is 3. The fraction of sp³-hybridized carbons (Fsp3) is 0.0400. The topological polar surface area (TPSA) is 39.4 Å². The Labute approximate surface area is 203 Å². The van der Waals surface area contributed by atoms with Gasteiger partial charge >= 0.3 is 0 Å². The molecule has 2 heterocycles. The third kappa shape index (κ3) is 3.88. The van der Waals surface area contributed by atoms with Crippen molar-refractivity contribution < 1.29 is 4.74 Å². The molecule has 7 heteroatoms.